The Balaban J connectivity index is 1.56. The summed E-state index contributed by atoms with van der Waals surface area (Å²) in [5.74, 6) is 2.22. The van der Waals surface area contributed by atoms with Gasteiger partial charge in [0, 0.05) is 31.4 Å². The van der Waals surface area contributed by atoms with E-state index in [9.17, 15) is 0 Å². The molecule has 21 heavy (non-hydrogen) atoms. The fourth-order valence-electron chi connectivity index (χ4n) is 2.81. The van der Waals surface area contributed by atoms with Gasteiger partial charge in [-0.05, 0) is 44.6 Å². The molecule has 0 spiro atoms. The summed E-state index contributed by atoms with van der Waals surface area (Å²) in [7, 11) is 0. The summed E-state index contributed by atoms with van der Waals surface area (Å²) < 4.78 is 5.61. The van der Waals surface area contributed by atoms with Crippen LogP contribution in [-0.4, -0.2) is 42.3 Å². The summed E-state index contributed by atoms with van der Waals surface area (Å²) in [6.45, 7) is 6.05. The predicted molar refractivity (Wildman–Crippen MR) is 83.8 cm³/mol. The monoisotopic (exact) mass is 290 g/mol. The van der Waals surface area contributed by atoms with Gasteiger partial charge in [-0.1, -0.05) is 6.92 Å². The van der Waals surface area contributed by atoms with Crippen molar-refractivity contribution in [2.75, 3.05) is 31.1 Å². The van der Waals surface area contributed by atoms with Gasteiger partial charge < -0.3 is 15.0 Å². The molecule has 0 aromatic carbocycles. The van der Waals surface area contributed by atoms with Crippen LogP contribution in [-0.2, 0) is 0 Å². The number of nitrogens with one attached hydrogen (secondary N) is 1. The van der Waals surface area contributed by atoms with Gasteiger partial charge in [0.1, 0.15) is 0 Å². The Labute approximate surface area is 127 Å². The summed E-state index contributed by atoms with van der Waals surface area (Å²) in [6, 6.07) is 2.64. The summed E-state index contributed by atoms with van der Waals surface area (Å²) in [6.07, 6.45) is 8.05. The Bertz CT molecular complexity index is 450. The largest absolute Gasteiger partial charge is 0.478 e. The van der Waals surface area contributed by atoms with Crippen LogP contribution in [0.1, 0.15) is 39.0 Å². The lowest BCUT2D eigenvalue weighted by Crippen LogP contribution is -2.40. The standard InChI is InChI=1S/C16H26N4O/c1-2-10-21-15-7-8-17-16(19-15)20-9-3-4-13(12-20)11-18-14-5-6-14/h7-8,13-14,18H,2-6,9-12H2,1H3. The molecule has 3 rings (SSSR count). The van der Waals surface area contributed by atoms with E-state index < -0.39 is 0 Å². The Morgan fingerprint density at radius 2 is 2.29 bits per heavy atom. The fourth-order valence-corrected chi connectivity index (χ4v) is 2.81. The number of ether oxygens (including phenoxy) is 1. The SMILES string of the molecule is CCCOc1ccnc(N2CCCC(CNC3CC3)C2)n1. The molecule has 0 radical (unpaired) electrons. The first kappa shape index (κ1) is 14.6. The molecule has 1 aliphatic carbocycles. The first-order valence-corrected chi connectivity index (χ1v) is 8.29. The molecular formula is C16H26N4O. The van der Waals surface area contributed by atoms with Crippen LogP contribution in [0.4, 0.5) is 5.95 Å². The van der Waals surface area contributed by atoms with E-state index in [2.05, 4.69) is 27.1 Å². The molecule has 5 nitrogen and oxygen atoms in total. The maximum absolute atomic E-state index is 5.61. The van der Waals surface area contributed by atoms with Gasteiger partial charge in [0.05, 0.1) is 6.61 Å². The van der Waals surface area contributed by atoms with Crippen LogP contribution in [0.2, 0.25) is 0 Å². The Morgan fingerprint density at radius 3 is 3.10 bits per heavy atom. The Hall–Kier alpha value is -1.36. The average Bonchev–Trinajstić information content (AvgIpc) is 3.36. The number of rotatable bonds is 7. The highest BCUT2D eigenvalue weighted by Crippen LogP contribution is 2.23. The predicted octanol–water partition coefficient (Wildman–Crippen LogP) is 2.23. The molecule has 1 unspecified atom stereocenters. The normalized spacial score (nSPS) is 22.3. The van der Waals surface area contributed by atoms with Crippen LogP contribution in [0.5, 0.6) is 5.88 Å². The lowest BCUT2D eigenvalue weighted by atomic mass is 9.98. The molecule has 2 fully saturated rings. The Morgan fingerprint density at radius 1 is 1.38 bits per heavy atom. The van der Waals surface area contributed by atoms with Crippen molar-refractivity contribution in [3.8, 4) is 5.88 Å². The zero-order chi connectivity index (χ0) is 14.5. The molecule has 0 bridgehead atoms. The fraction of sp³-hybridized carbons (Fsp3) is 0.750. The lowest BCUT2D eigenvalue weighted by Gasteiger charge is -2.33. The van der Waals surface area contributed by atoms with Crippen molar-refractivity contribution >= 4 is 5.95 Å². The molecule has 1 N–H and O–H groups in total. The van der Waals surface area contributed by atoms with E-state index >= 15 is 0 Å². The van der Waals surface area contributed by atoms with Gasteiger partial charge in [0.15, 0.2) is 0 Å². The van der Waals surface area contributed by atoms with Gasteiger partial charge in [-0.25, -0.2) is 4.98 Å². The maximum atomic E-state index is 5.61. The third-order valence-electron chi connectivity index (χ3n) is 4.15. The van der Waals surface area contributed by atoms with Crippen LogP contribution < -0.4 is 15.0 Å². The third-order valence-corrected chi connectivity index (χ3v) is 4.15. The van der Waals surface area contributed by atoms with Gasteiger partial charge in [0.25, 0.3) is 0 Å². The van der Waals surface area contributed by atoms with Crippen LogP contribution >= 0.6 is 0 Å². The van der Waals surface area contributed by atoms with Crippen LogP contribution in [0.15, 0.2) is 12.3 Å². The van der Waals surface area contributed by atoms with Crippen molar-refractivity contribution in [2.24, 2.45) is 5.92 Å². The highest BCUT2D eigenvalue weighted by Gasteiger charge is 2.25. The smallest absolute Gasteiger partial charge is 0.228 e. The van der Waals surface area contributed by atoms with E-state index in [1.54, 1.807) is 6.20 Å². The highest BCUT2D eigenvalue weighted by atomic mass is 16.5. The quantitative estimate of drug-likeness (QED) is 0.834. The van der Waals surface area contributed by atoms with Gasteiger partial charge in [-0.15, -0.1) is 0 Å². The summed E-state index contributed by atoms with van der Waals surface area (Å²) >= 11 is 0. The van der Waals surface area contributed by atoms with E-state index in [-0.39, 0.29) is 0 Å². The summed E-state index contributed by atoms with van der Waals surface area (Å²) in [4.78, 5) is 11.3. The molecule has 0 amide bonds. The van der Waals surface area contributed by atoms with Gasteiger partial charge in [-0.3, -0.25) is 0 Å². The van der Waals surface area contributed by atoms with Crippen molar-refractivity contribution in [3.63, 3.8) is 0 Å². The highest BCUT2D eigenvalue weighted by molar-refractivity contribution is 5.32. The van der Waals surface area contributed by atoms with E-state index in [1.807, 2.05) is 6.07 Å². The molecule has 116 valence electrons. The van der Waals surface area contributed by atoms with Crippen LogP contribution in [0.3, 0.4) is 0 Å². The first-order chi connectivity index (χ1) is 10.3. The second-order valence-electron chi connectivity index (χ2n) is 6.18. The second kappa shape index (κ2) is 7.07. The zero-order valence-corrected chi connectivity index (χ0v) is 12.9. The molecule has 1 aromatic heterocycles. The van der Waals surface area contributed by atoms with Crippen LogP contribution in [0.25, 0.3) is 0 Å². The van der Waals surface area contributed by atoms with Crippen molar-refractivity contribution in [2.45, 2.75) is 45.1 Å². The van der Waals surface area contributed by atoms with Crippen molar-refractivity contribution < 1.29 is 4.74 Å². The molecule has 2 aliphatic rings. The number of nitrogens with zero attached hydrogens (tertiary/aromatic N) is 3. The van der Waals surface area contributed by atoms with Gasteiger partial charge in [-0.2, -0.15) is 4.98 Å². The van der Waals surface area contributed by atoms with Crippen LogP contribution in [0, 0.1) is 5.92 Å². The summed E-state index contributed by atoms with van der Waals surface area (Å²) in [5, 5.41) is 3.65. The third kappa shape index (κ3) is 4.30. The molecule has 1 saturated carbocycles. The van der Waals surface area contributed by atoms with Crippen molar-refractivity contribution in [1.29, 1.82) is 0 Å². The van der Waals surface area contributed by atoms with Crippen molar-refractivity contribution in [3.05, 3.63) is 12.3 Å². The molecule has 1 aromatic rings. The minimum Gasteiger partial charge on any atom is -0.478 e. The number of hydrogen-bond donors (Lipinski definition) is 1. The molecule has 2 heterocycles. The average molecular weight is 290 g/mol. The van der Waals surface area contributed by atoms with E-state index in [0.29, 0.717) is 18.4 Å². The molecule has 1 aliphatic heterocycles. The maximum Gasteiger partial charge on any atom is 0.228 e. The minimum absolute atomic E-state index is 0.695. The number of anilines is 1. The minimum atomic E-state index is 0.695. The molecule has 1 atom stereocenters. The number of hydrogen-bond acceptors (Lipinski definition) is 5. The van der Waals surface area contributed by atoms with Gasteiger partial charge in [0.2, 0.25) is 11.8 Å². The number of piperidine rings is 1. The first-order valence-electron chi connectivity index (χ1n) is 8.29. The topological polar surface area (TPSA) is 50.3 Å². The zero-order valence-electron chi connectivity index (χ0n) is 12.9. The lowest BCUT2D eigenvalue weighted by molar-refractivity contribution is 0.304. The van der Waals surface area contributed by atoms with E-state index in [0.717, 1.165) is 38.0 Å². The molecular weight excluding hydrogens is 264 g/mol. The van der Waals surface area contributed by atoms with E-state index in [1.165, 1.54) is 25.7 Å². The van der Waals surface area contributed by atoms with E-state index in [4.69, 9.17) is 4.74 Å². The summed E-state index contributed by atoms with van der Waals surface area (Å²) in [5.41, 5.74) is 0. The Kier molecular flexibility index (Phi) is 4.91. The molecule has 1 saturated heterocycles. The number of aromatic nitrogens is 2. The van der Waals surface area contributed by atoms with Gasteiger partial charge >= 0.3 is 0 Å². The second-order valence-corrected chi connectivity index (χ2v) is 6.18. The molecule has 5 heteroatoms. The van der Waals surface area contributed by atoms with Crippen molar-refractivity contribution in [1.82, 2.24) is 15.3 Å².